The smallest absolute Gasteiger partial charge is 0.147 e. The van der Waals surface area contributed by atoms with Crippen LogP contribution in [0, 0.1) is 17.8 Å². The normalized spacial score (nSPS) is 11.5. The van der Waals surface area contributed by atoms with Crippen LogP contribution in [-0.2, 0) is 4.79 Å². The van der Waals surface area contributed by atoms with E-state index in [9.17, 15) is 4.79 Å². The highest BCUT2D eigenvalue weighted by Gasteiger charge is 2.07. The Hall–Kier alpha value is -0.770. The lowest BCUT2D eigenvalue weighted by Gasteiger charge is -2.01. The lowest BCUT2D eigenvalue weighted by Crippen LogP contribution is -2.07. The molecule has 0 aliphatic rings. The highest BCUT2D eigenvalue weighted by molar-refractivity contribution is 5.82. The monoisotopic (exact) mass is 138 g/mol. The first kappa shape index (κ1) is 9.23. The van der Waals surface area contributed by atoms with Gasteiger partial charge in [0, 0.05) is 5.92 Å². The van der Waals surface area contributed by atoms with Gasteiger partial charge in [-0.15, -0.1) is 5.92 Å². The van der Waals surface area contributed by atoms with Gasteiger partial charge in [0.05, 0.1) is 6.42 Å². The SMILES string of the molecule is CC#CCC(=O)C(C)CC. The molecular weight excluding hydrogens is 124 g/mol. The first-order valence-corrected chi connectivity index (χ1v) is 3.64. The Bertz CT molecular complexity index is 159. The summed E-state index contributed by atoms with van der Waals surface area (Å²) in [6, 6.07) is 0. The Labute approximate surface area is 62.8 Å². The second-order valence-corrected chi connectivity index (χ2v) is 2.38. The molecule has 1 heteroatoms. The van der Waals surface area contributed by atoms with E-state index in [0.29, 0.717) is 6.42 Å². The Kier molecular flexibility index (Phi) is 4.66. The van der Waals surface area contributed by atoms with Crippen molar-refractivity contribution in [2.75, 3.05) is 0 Å². The van der Waals surface area contributed by atoms with Crippen LogP contribution in [0.1, 0.15) is 33.6 Å². The summed E-state index contributed by atoms with van der Waals surface area (Å²) in [5, 5.41) is 0. The van der Waals surface area contributed by atoms with Crippen LogP contribution in [0.2, 0.25) is 0 Å². The zero-order chi connectivity index (χ0) is 7.98. The molecule has 1 unspecified atom stereocenters. The van der Waals surface area contributed by atoms with Gasteiger partial charge in [-0.2, -0.15) is 0 Å². The summed E-state index contributed by atoms with van der Waals surface area (Å²) in [6.07, 6.45) is 1.34. The fraction of sp³-hybridized carbons (Fsp3) is 0.667. The van der Waals surface area contributed by atoms with Crippen LogP contribution >= 0.6 is 0 Å². The predicted octanol–water partition coefficient (Wildman–Crippen LogP) is 2.02. The van der Waals surface area contributed by atoms with Crippen molar-refractivity contribution in [3.05, 3.63) is 0 Å². The van der Waals surface area contributed by atoms with Crippen LogP contribution in [0.25, 0.3) is 0 Å². The van der Waals surface area contributed by atoms with E-state index in [-0.39, 0.29) is 11.7 Å². The fourth-order valence-electron chi connectivity index (χ4n) is 0.577. The summed E-state index contributed by atoms with van der Waals surface area (Å²) < 4.78 is 0. The van der Waals surface area contributed by atoms with Gasteiger partial charge in [0.2, 0.25) is 0 Å². The van der Waals surface area contributed by atoms with Gasteiger partial charge in [-0.05, 0) is 13.3 Å². The summed E-state index contributed by atoms with van der Waals surface area (Å²) in [5.41, 5.74) is 0. The maximum Gasteiger partial charge on any atom is 0.147 e. The molecule has 0 aromatic rings. The molecule has 0 aliphatic carbocycles. The van der Waals surface area contributed by atoms with E-state index in [0.717, 1.165) is 6.42 Å². The predicted molar refractivity (Wildman–Crippen MR) is 42.5 cm³/mol. The van der Waals surface area contributed by atoms with E-state index < -0.39 is 0 Å². The van der Waals surface area contributed by atoms with E-state index in [1.807, 2.05) is 13.8 Å². The molecule has 0 amide bonds. The minimum Gasteiger partial charge on any atom is -0.298 e. The molecule has 1 nitrogen and oxygen atoms in total. The fourth-order valence-corrected chi connectivity index (χ4v) is 0.577. The molecular formula is C9H14O. The molecule has 56 valence electrons. The molecule has 0 aromatic carbocycles. The number of hydrogen-bond donors (Lipinski definition) is 0. The number of rotatable bonds is 3. The molecule has 10 heavy (non-hydrogen) atoms. The minimum absolute atomic E-state index is 0.181. The average molecular weight is 138 g/mol. The van der Waals surface area contributed by atoms with Gasteiger partial charge in [0.1, 0.15) is 5.78 Å². The lowest BCUT2D eigenvalue weighted by molar-refractivity contribution is -0.121. The van der Waals surface area contributed by atoms with Gasteiger partial charge in [-0.3, -0.25) is 4.79 Å². The van der Waals surface area contributed by atoms with E-state index in [1.54, 1.807) is 6.92 Å². The van der Waals surface area contributed by atoms with Crippen molar-refractivity contribution in [2.24, 2.45) is 5.92 Å². The zero-order valence-electron chi connectivity index (χ0n) is 6.90. The third-order valence-corrected chi connectivity index (χ3v) is 1.60. The highest BCUT2D eigenvalue weighted by Crippen LogP contribution is 2.03. The topological polar surface area (TPSA) is 17.1 Å². The van der Waals surface area contributed by atoms with Crippen LogP contribution in [-0.4, -0.2) is 5.78 Å². The van der Waals surface area contributed by atoms with Crippen LogP contribution < -0.4 is 0 Å². The van der Waals surface area contributed by atoms with Crippen molar-refractivity contribution in [1.82, 2.24) is 0 Å². The Morgan fingerprint density at radius 2 is 2.20 bits per heavy atom. The summed E-state index contributed by atoms with van der Waals surface area (Å²) in [4.78, 5) is 11.0. The summed E-state index contributed by atoms with van der Waals surface area (Å²) in [6.45, 7) is 5.71. The van der Waals surface area contributed by atoms with Crippen LogP contribution in [0.3, 0.4) is 0 Å². The molecule has 0 saturated carbocycles. The standard InChI is InChI=1S/C9H14O/c1-4-6-7-9(10)8(3)5-2/h8H,5,7H2,1-3H3. The van der Waals surface area contributed by atoms with Gasteiger partial charge in [-0.1, -0.05) is 19.8 Å². The van der Waals surface area contributed by atoms with Gasteiger partial charge in [0.15, 0.2) is 0 Å². The highest BCUT2D eigenvalue weighted by atomic mass is 16.1. The molecule has 0 aromatic heterocycles. The molecule has 0 aliphatic heterocycles. The third kappa shape index (κ3) is 3.29. The number of carbonyl (C=O) groups is 1. The quantitative estimate of drug-likeness (QED) is 0.545. The third-order valence-electron chi connectivity index (χ3n) is 1.60. The zero-order valence-corrected chi connectivity index (χ0v) is 6.90. The number of carbonyl (C=O) groups excluding carboxylic acids is 1. The van der Waals surface area contributed by atoms with E-state index >= 15 is 0 Å². The maximum absolute atomic E-state index is 11.0. The lowest BCUT2D eigenvalue weighted by atomic mass is 10.0. The van der Waals surface area contributed by atoms with Crippen LogP contribution in [0.15, 0.2) is 0 Å². The first-order valence-electron chi connectivity index (χ1n) is 3.64. The van der Waals surface area contributed by atoms with Crippen molar-refractivity contribution < 1.29 is 4.79 Å². The number of hydrogen-bond acceptors (Lipinski definition) is 1. The summed E-state index contributed by atoms with van der Waals surface area (Å²) >= 11 is 0. The van der Waals surface area contributed by atoms with Gasteiger partial charge in [0.25, 0.3) is 0 Å². The van der Waals surface area contributed by atoms with E-state index in [1.165, 1.54) is 0 Å². The van der Waals surface area contributed by atoms with E-state index in [2.05, 4.69) is 11.8 Å². The molecule has 1 atom stereocenters. The molecule has 0 rings (SSSR count). The molecule has 0 fully saturated rings. The second kappa shape index (κ2) is 5.05. The molecule has 0 saturated heterocycles. The first-order chi connectivity index (χ1) is 4.72. The Morgan fingerprint density at radius 3 is 2.60 bits per heavy atom. The average Bonchev–Trinajstić information content (AvgIpc) is 1.98. The summed E-state index contributed by atoms with van der Waals surface area (Å²) in [5.74, 6) is 5.91. The van der Waals surface area contributed by atoms with Crippen molar-refractivity contribution in [3.63, 3.8) is 0 Å². The number of ketones is 1. The van der Waals surface area contributed by atoms with Crippen molar-refractivity contribution in [1.29, 1.82) is 0 Å². The van der Waals surface area contributed by atoms with Gasteiger partial charge < -0.3 is 0 Å². The van der Waals surface area contributed by atoms with E-state index in [4.69, 9.17) is 0 Å². The second-order valence-electron chi connectivity index (χ2n) is 2.38. The number of Topliss-reactive ketones (excluding diaryl/α,β-unsaturated/α-hetero) is 1. The molecule has 0 radical (unpaired) electrons. The molecule has 0 N–H and O–H groups in total. The van der Waals surface area contributed by atoms with Gasteiger partial charge in [-0.25, -0.2) is 0 Å². The van der Waals surface area contributed by atoms with Crippen molar-refractivity contribution >= 4 is 5.78 Å². The minimum atomic E-state index is 0.181. The maximum atomic E-state index is 11.0. The van der Waals surface area contributed by atoms with Gasteiger partial charge >= 0.3 is 0 Å². The molecule has 0 bridgehead atoms. The van der Waals surface area contributed by atoms with Crippen LogP contribution in [0.5, 0.6) is 0 Å². The molecule has 0 heterocycles. The summed E-state index contributed by atoms with van der Waals surface area (Å²) in [7, 11) is 0. The largest absolute Gasteiger partial charge is 0.298 e. The van der Waals surface area contributed by atoms with Crippen molar-refractivity contribution in [2.45, 2.75) is 33.6 Å². The van der Waals surface area contributed by atoms with Crippen molar-refractivity contribution in [3.8, 4) is 11.8 Å². The van der Waals surface area contributed by atoms with Crippen LogP contribution in [0.4, 0.5) is 0 Å². The molecule has 0 spiro atoms. The Morgan fingerprint density at radius 1 is 1.60 bits per heavy atom. The Balaban J connectivity index is 3.69.